The standard InChI is InChI=1S/C22H37N/c1-3-5-6-7-8-9-10-11-12-16-19-21(22(23)4-2)20-17-14-13-15-18-20/h4,13-15,17-18,21-22H,2-3,5-12,16,19,23H2,1H3. The van der Waals surface area contributed by atoms with Gasteiger partial charge in [0.2, 0.25) is 0 Å². The average Bonchev–Trinajstić information content (AvgIpc) is 2.60. The summed E-state index contributed by atoms with van der Waals surface area (Å²) < 4.78 is 0. The first-order valence-corrected chi connectivity index (χ1v) is 9.72. The summed E-state index contributed by atoms with van der Waals surface area (Å²) in [5.74, 6) is 0.419. The van der Waals surface area contributed by atoms with Gasteiger partial charge in [0.25, 0.3) is 0 Å². The zero-order valence-electron chi connectivity index (χ0n) is 15.2. The molecule has 0 saturated heterocycles. The van der Waals surface area contributed by atoms with Gasteiger partial charge in [0.1, 0.15) is 0 Å². The van der Waals surface area contributed by atoms with Crippen LogP contribution >= 0.6 is 0 Å². The molecule has 0 heterocycles. The van der Waals surface area contributed by atoms with Crippen molar-refractivity contribution in [2.24, 2.45) is 5.73 Å². The van der Waals surface area contributed by atoms with Crippen molar-refractivity contribution >= 4 is 0 Å². The highest BCUT2D eigenvalue weighted by atomic mass is 14.6. The van der Waals surface area contributed by atoms with Gasteiger partial charge in [-0.05, 0) is 12.0 Å². The number of nitrogens with two attached hydrogens (primary N) is 1. The molecule has 1 aromatic carbocycles. The summed E-state index contributed by atoms with van der Waals surface area (Å²) in [6.07, 6.45) is 16.9. The fourth-order valence-electron chi connectivity index (χ4n) is 3.30. The second kappa shape index (κ2) is 13.4. The first-order valence-electron chi connectivity index (χ1n) is 9.72. The molecule has 0 aliphatic heterocycles. The predicted molar refractivity (Wildman–Crippen MR) is 104 cm³/mol. The zero-order chi connectivity index (χ0) is 16.8. The van der Waals surface area contributed by atoms with Crippen LogP contribution in [-0.4, -0.2) is 6.04 Å². The van der Waals surface area contributed by atoms with Crippen LogP contribution in [0.4, 0.5) is 0 Å². The molecule has 1 nitrogen and oxygen atoms in total. The third kappa shape index (κ3) is 8.95. The number of hydrogen-bond donors (Lipinski definition) is 1. The Balaban J connectivity index is 2.15. The van der Waals surface area contributed by atoms with Crippen LogP contribution < -0.4 is 5.73 Å². The maximum Gasteiger partial charge on any atom is 0.0290 e. The molecule has 0 amide bonds. The van der Waals surface area contributed by atoms with Crippen molar-refractivity contribution in [3.8, 4) is 0 Å². The van der Waals surface area contributed by atoms with E-state index in [4.69, 9.17) is 5.73 Å². The Labute approximate surface area is 144 Å². The van der Waals surface area contributed by atoms with Gasteiger partial charge in [-0.3, -0.25) is 0 Å². The van der Waals surface area contributed by atoms with Gasteiger partial charge in [-0.1, -0.05) is 108 Å². The lowest BCUT2D eigenvalue weighted by molar-refractivity contribution is 0.502. The number of rotatable bonds is 14. The highest BCUT2D eigenvalue weighted by Crippen LogP contribution is 2.26. The predicted octanol–water partition coefficient (Wildman–Crippen LogP) is 6.59. The molecule has 130 valence electrons. The van der Waals surface area contributed by atoms with E-state index in [0.29, 0.717) is 5.92 Å². The van der Waals surface area contributed by atoms with E-state index in [1.165, 1.54) is 76.2 Å². The minimum Gasteiger partial charge on any atom is -0.324 e. The molecule has 0 aliphatic carbocycles. The van der Waals surface area contributed by atoms with E-state index in [1.54, 1.807) is 0 Å². The Kier molecular flexibility index (Phi) is 11.6. The molecule has 0 aliphatic rings. The minimum atomic E-state index is 0.0657. The molecule has 2 N–H and O–H groups in total. The molecule has 2 unspecified atom stereocenters. The summed E-state index contributed by atoms with van der Waals surface area (Å²) in [5.41, 5.74) is 7.61. The lowest BCUT2D eigenvalue weighted by Gasteiger charge is -2.22. The molecule has 0 spiro atoms. The van der Waals surface area contributed by atoms with Gasteiger partial charge in [-0.25, -0.2) is 0 Å². The Bertz CT molecular complexity index is 384. The molecule has 1 rings (SSSR count). The van der Waals surface area contributed by atoms with Crippen LogP contribution in [-0.2, 0) is 0 Å². The summed E-state index contributed by atoms with van der Waals surface area (Å²) in [4.78, 5) is 0. The smallest absolute Gasteiger partial charge is 0.0290 e. The van der Waals surface area contributed by atoms with Gasteiger partial charge in [0.15, 0.2) is 0 Å². The Morgan fingerprint density at radius 1 is 0.870 bits per heavy atom. The SMILES string of the molecule is C=CC(N)C(CCCCCCCCCCCC)c1ccccc1. The quantitative estimate of drug-likeness (QED) is 0.304. The summed E-state index contributed by atoms with van der Waals surface area (Å²) in [6, 6.07) is 10.7. The lowest BCUT2D eigenvalue weighted by atomic mass is 9.87. The summed E-state index contributed by atoms with van der Waals surface area (Å²) in [5, 5.41) is 0. The Morgan fingerprint density at radius 3 is 1.91 bits per heavy atom. The highest BCUT2D eigenvalue weighted by molar-refractivity contribution is 5.22. The van der Waals surface area contributed by atoms with Gasteiger partial charge in [-0.2, -0.15) is 0 Å². The summed E-state index contributed by atoms with van der Waals surface area (Å²) >= 11 is 0. The largest absolute Gasteiger partial charge is 0.324 e. The van der Waals surface area contributed by atoms with E-state index in [2.05, 4.69) is 43.8 Å². The van der Waals surface area contributed by atoms with Crippen LogP contribution in [0.25, 0.3) is 0 Å². The topological polar surface area (TPSA) is 26.0 Å². The molecular weight excluding hydrogens is 278 g/mol. The van der Waals surface area contributed by atoms with Gasteiger partial charge >= 0.3 is 0 Å². The molecule has 0 bridgehead atoms. The molecule has 1 heteroatoms. The fraction of sp³-hybridized carbons (Fsp3) is 0.636. The lowest BCUT2D eigenvalue weighted by Crippen LogP contribution is -2.26. The zero-order valence-corrected chi connectivity index (χ0v) is 15.2. The van der Waals surface area contributed by atoms with Crippen LogP contribution in [0.2, 0.25) is 0 Å². The second-order valence-electron chi connectivity index (χ2n) is 6.80. The number of hydrogen-bond acceptors (Lipinski definition) is 1. The molecule has 0 radical (unpaired) electrons. The molecule has 0 saturated carbocycles. The van der Waals surface area contributed by atoms with Crippen LogP contribution in [0.3, 0.4) is 0 Å². The fourth-order valence-corrected chi connectivity index (χ4v) is 3.30. The van der Waals surface area contributed by atoms with Crippen LogP contribution in [0, 0.1) is 0 Å². The van der Waals surface area contributed by atoms with E-state index in [0.717, 1.165) is 0 Å². The maximum atomic E-state index is 6.25. The molecule has 1 aromatic rings. The van der Waals surface area contributed by atoms with E-state index in [1.807, 2.05) is 6.08 Å². The summed E-state index contributed by atoms with van der Waals surface area (Å²) in [7, 11) is 0. The van der Waals surface area contributed by atoms with Crippen molar-refractivity contribution < 1.29 is 0 Å². The third-order valence-electron chi connectivity index (χ3n) is 4.83. The van der Waals surface area contributed by atoms with Crippen molar-refractivity contribution in [2.45, 2.75) is 89.5 Å². The van der Waals surface area contributed by atoms with Crippen molar-refractivity contribution in [1.29, 1.82) is 0 Å². The van der Waals surface area contributed by atoms with Crippen molar-refractivity contribution in [3.63, 3.8) is 0 Å². The Hall–Kier alpha value is -1.08. The molecule has 2 atom stereocenters. The monoisotopic (exact) mass is 315 g/mol. The third-order valence-corrected chi connectivity index (χ3v) is 4.83. The first-order chi connectivity index (χ1) is 11.3. The minimum absolute atomic E-state index is 0.0657. The molecule has 0 aromatic heterocycles. The van der Waals surface area contributed by atoms with E-state index < -0.39 is 0 Å². The van der Waals surface area contributed by atoms with E-state index in [9.17, 15) is 0 Å². The van der Waals surface area contributed by atoms with E-state index >= 15 is 0 Å². The van der Waals surface area contributed by atoms with Gasteiger partial charge in [0, 0.05) is 12.0 Å². The van der Waals surface area contributed by atoms with Crippen molar-refractivity contribution in [3.05, 3.63) is 48.6 Å². The molecule has 23 heavy (non-hydrogen) atoms. The maximum absolute atomic E-state index is 6.25. The van der Waals surface area contributed by atoms with E-state index in [-0.39, 0.29) is 6.04 Å². The van der Waals surface area contributed by atoms with Crippen LogP contribution in [0.5, 0.6) is 0 Å². The average molecular weight is 316 g/mol. The van der Waals surface area contributed by atoms with Crippen molar-refractivity contribution in [1.82, 2.24) is 0 Å². The van der Waals surface area contributed by atoms with Gasteiger partial charge in [-0.15, -0.1) is 6.58 Å². The Morgan fingerprint density at radius 2 is 1.39 bits per heavy atom. The number of unbranched alkanes of at least 4 members (excludes halogenated alkanes) is 9. The normalized spacial score (nSPS) is 13.7. The van der Waals surface area contributed by atoms with Crippen molar-refractivity contribution in [2.75, 3.05) is 0 Å². The first kappa shape index (κ1) is 20.0. The molecular formula is C22H37N. The number of benzene rings is 1. The van der Waals surface area contributed by atoms with Crippen LogP contribution in [0.1, 0.15) is 89.0 Å². The summed E-state index contributed by atoms with van der Waals surface area (Å²) in [6.45, 7) is 6.16. The van der Waals surface area contributed by atoms with Gasteiger partial charge < -0.3 is 5.73 Å². The molecule has 0 fully saturated rings. The van der Waals surface area contributed by atoms with Gasteiger partial charge in [0.05, 0.1) is 0 Å². The highest BCUT2D eigenvalue weighted by Gasteiger charge is 2.16. The van der Waals surface area contributed by atoms with Crippen LogP contribution in [0.15, 0.2) is 43.0 Å². The second-order valence-corrected chi connectivity index (χ2v) is 6.80.